The lowest BCUT2D eigenvalue weighted by Crippen LogP contribution is -2.46. The molecule has 1 amide bonds. The monoisotopic (exact) mass is 1140 g/mol. The molecule has 15 nitrogen and oxygen atoms in total. The highest BCUT2D eigenvalue weighted by molar-refractivity contribution is 7.99. The van der Waals surface area contributed by atoms with Crippen LogP contribution in [0, 0.1) is 6.92 Å². The predicted molar refractivity (Wildman–Crippen MR) is 295 cm³/mol. The van der Waals surface area contributed by atoms with Crippen LogP contribution in [0.4, 0.5) is 35.9 Å². The average Bonchev–Trinajstić information content (AvgIpc) is 3.68. The number of anilines is 4. The van der Waals surface area contributed by atoms with Crippen LogP contribution in [-0.4, -0.2) is 121 Å². The zero-order valence-electron chi connectivity index (χ0n) is 42.1. The van der Waals surface area contributed by atoms with E-state index in [-0.39, 0.29) is 16.9 Å². The van der Waals surface area contributed by atoms with Crippen LogP contribution in [0.5, 0.6) is 0 Å². The molecule has 6 aromatic rings. The Hall–Kier alpha value is -5.75. The third kappa shape index (κ3) is 13.3. The van der Waals surface area contributed by atoms with Crippen LogP contribution in [0.1, 0.15) is 42.2 Å². The molecule has 1 aromatic heterocycles. The first-order valence-electron chi connectivity index (χ1n) is 24.3. The van der Waals surface area contributed by atoms with Gasteiger partial charge in [0.15, 0.2) is 0 Å². The minimum absolute atomic E-state index is 0.0950. The van der Waals surface area contributed by atoms with E-state index in [1.807, 2.05) is 78.3 Å². The molecule has 3 heterocycles. The molecule has 0 radical (unpaired) electrons. The number of nitrogens with one attached hydrogen (secondary N) is 3. The minimum atomic E-state index is -6.05. The molecular formula is C53H59ClF3N7O8S4. The number of aromatic nitrogens is 1. The Balaban J connectivity index is 0.971. The van der Waals surface area contributed by atoms with Crippen molar-refractivity contribution in [2.45, 2.75) is 64.9 Å². The molecule has 2 saturated heterocycles. The summed E-state index contributed by atoms with van der Waals surface area (Å²) in [6.07, 6.45) is 2.44. The molecule has 0 unspecified atom stereocenters. The summed E-state index contributed by atoms with van der Waals surface area (Å²) in [4.78, 5) is 19.1. The number of thioether (sulfide) groups is 1. The van der Waals surface area contributed by atoms with Gasteiger partial charge in [0.05, 0.1) is 33.7 Å². The normalized spacial score (nSPS) is 16.1. The van der Waals surface area contributed by atoms with Crippen LogP contribution in [-0.2, 0) is 36.9 Å². The molecule has 0 bridgehead atoms. The SMILES string of the molecule is Cc1c(C(=O)NS(C)(=O)=O)c(-c2cccc(N3CCN(c4ccc(NS(=O)(=O)c5ccc(N[C@H](CCN6CCC(C)(O)CC6)CSc6ccccc6)c(S(=O)(=O)C(F)(F)F)c5)cc4)CC3)c2)c(-c2ccc(Cl)cc2)n1C. The van der Waals surface area contributed by atoms with Gasteiger partial charge in [0.1, 0.15) is 4.90 Å². The largest absolute Gasteiger partial charge is 0.501 e. The average molecular weight is 1140 g/mol. The number of piperidine rings is 1. The van der Waals surface area contributed by atoms with E-state index in [0.29, 0.717) is 104 Å². The van der Waals surface area contributed by atoms with Gasteiger partial charge in [-0.15, -0.1) is 11.8 Å². The van der Waals surface area contributed by atoms with E-state index in [9.17, 15) is 48.3 Å². The third-order valence-corrected chi connectivity index (χ3v) is 18.6. The Morgan fingerprint density at radius 1 is 0.789 bits per heavy atom. The second kappa shape index (κ2) is 22.7. The van der Waals surface area contributed by atoms with Gasteiger partial charge in [-0.05, 0) is 123 Å². The summed E-state index contributed by atoms with van der Waals surface area (Å²) in [5.41, 5.74) is -1.70. The third-order valence-electron chi connectivity index (χ3n) is 13.7. The van der Waals surface area contributed by atoms with Gasteiger partial charge in [0.2, 0.25) is 10.0 Å². The fourth-order valence-electron chi connectivity index (χ4n) is 9.43. The number of aliphatic hydroxyl groups is 1. The standard InChI is InChI=1S/C53H59ClF3N7O8S4/c1-36-48(51(65)60-74(4,67)68)49(50(61(36)3)37-13-15-39(54)16-14-37)38-9-8-10-43(33-38)64-31-29-63(30-32-64)42-19-17-40(18-20-42)59-76(71,72)45-21-22-46(47(34-45)75(69,70)53(55,56)57)58-41(35-73-44-11-6-5-7-12-44)23-26-62-27-24-52(2,66)25-28-62/h5-22,33-34,41,58-59,66H,23-32,35H2,1-4H3,(H,60,65)/t41-/m1/s1. The van der Waals surface area contributed by atoms with Gasteiger partial charge in [0, 0.05) is 103 Å². The molecule has 2 aliphatic heterocycles. The molecule has 23 heteroatoms. The van der Waals surface area contributed by atoms with Crippen molar-refractivity contribution >= 4 is 81.9 Å². The number of carbonyl (C=O) groups excluding carboxylic acids is 1. The molecule has 4 N–H and O–H groups in total. The van der Waals surface area contributed by atoms with Gasteiger partial charge in [-0.2, -0.15) is 13.2 Å². The van der Waals surface area contributed by atoms with Crippen LogP contribution in [0.2, 0.25) is 5.02 Å². The zero-order valence-corrected chi connectivity index (χ0v) is 46.2. The van der Waals surface area contributed by atoms with Crippen molar-refractivity contribution in [1.82, 2.24) is 14.2 Å². The number of carbonyl (C=O) groups is 1. The predicted octanol–water partition coefficient (Wildman–Crippen LogP) is 9.24. The highest BCUT2D eigenvalue weighted by atomic mass is 35.5. The van der Waals surface area contributed by atoms with Crippen LogP contribution < -0.4 is 24.6 Å². The van der Waals surface area contributed by atoms with E-state index in [0.717, 1.165) is 40.2 Å². The number of piperazine rings is 1. The van der Waals surface area contributed by atoms with E-state index < -0.39 is 62.7 Å². The summed E-state index contributed by atoms with van der Waals surface area (Å²) in [5.74, 6) is -0.405. The number of amides is 1. The van der Waals surface area contributed by atoms with E-state index >= 15 is 0 Å². The minimum Gasteiger partial charge on any atom is -0.390 e. The molecular weight excluding hydrogens is 1080 g/mol. The number of rotatable bonds is 18. The second-order valence-corrected chi connectivity index (χ2v) is 26.2. The Morgan fingerprint density at radius 2 is 1.42 bits per heavy atom. The molecule has 5 aromatic carbocycles. The molecule has 8 rings (SSSR count). The van der Waals surface area contributed by atoms with Crippen molar-refractivity contribution in [1.29, 1.82) is 0 Å². The maximum atomic E-state index is 14.3. The number of nitrogens with zero attached hydrogens (tertiary/aromatic N) is 4. The zero-order chi connectivity index (χ0) is 54.8. The Bertz CT molecular complexity index is 3400. The molecule has 2 fully saturated rings. The topological polar surface area (TPSA) is 190 Å². The van der Waals surface area contributed by atoms with E-state index in [4.69, 9.17) is 11.6 Å². The Morgan fingerprint density at radius 3 is 2.04 bits per heavy atom. The summed E-state index contributed by atoms with van der Waals surface area (Å²) in [6.45, 7) is 7.54. The number of likely N-dealkylation sites (tertiary alicyclic amines) is 1. The molecule has 0 saturated carbocycles. The molecule has 2 aliphatic rings. The highest BCUT2D eigenvalue weighted by Gasteiger charge is 2.48. The molecule has 0 spiro atoms. The van der Waals surface area contributed by atoms with Gasteiger partial charge < -0.3 is 29.7 Å². The molecule has 1 atom stereocenters. The quantitative estimate of drug-likeness (QED) is 0.0597. The summed E-state index contributed by atoms with van der Waals surface area (Å²) >= 11 is 7.67. The van der Waals surface area contributed by atoms with Crippen LogP contribution >= 0.6 is 23.4 Å². The van der Waals surface area contributed by atoms with Crippen molar-refractivity contribution in [2.24, 2.45) is 7.05 Å². The van der Waals surface area contributed by atoms with Crippen molar-refractivity contribution in [3.63, 3.8) is 0 Å². The van der Waals surface area contributed by atoms with Crippen molar-refractivity contribution < 1.29 is 48.3 Å². The smallest absolute Gasteiger partial charge is 0.390 e. The van der Waals surface area contributed by atoms with E-state index in [1.165, 1.54) is 23.9 Å². The fraction of sp³-hybridized carbons (Fsp3) is 0.340. The van der Waals surface area contributed by atoms with Crippen molar-refractivity contribution in [2.75, 3.05) is 77.7 Å². The maximum absolute atomic E-state index is 14.3. The first-order valence-corrected chi connectivity index (χ1v) is 30.6. The first kappa shape index (κ1) is 56.5. The highest BCUT2D eigenvalue weighted by Crippen LogP contribution is 2.41. The van der Waals surface area contributed by atoms with Crippen LogP contribution in [0.15, 0.2) is 136 Å². The van der Waals surface area contributed by atoms with Crippen molar-refractivity contribution in [3.05, 3.63) is 138 Å². The lowest BCUT2D eigenvalue weighted by atomic mass is 9.94. The van der Waals surface area contributed by atoms with Gasteiger partial charge in [-0.1, -0.05) is 54.1 Å². The maximum Gasteiger partial charge on any atom is 0.501 e. The fourth-order valence-corrected chi connectivity index (χ4v) is 13.1. The number of sulfonamides is 2. The summed E-state index contributed by atoms with van der Waals surface area (Å²) in [6, 6.07) is 32.7. The van der Waals surface area contributed by atoms with Crippen LogP contribution in [0.3, 0.4) is 0 Å². The van der Waals surface area contributed by atoms with Crippen molar-refractivity contribution in [3.8, 4) is 22.4 Å². The number of halogens is 4. The summed E-state index contributed by atoms with van der Waals surface area (Å²) < 4.78 is 128. The number of hydrogen-bond acceptors (Lipinski definition) is 13. The van der Waals surface area contributed by atoms with E-state index in [1.54, 1.807) is 38.1 Å². The lowest BCUT2D eigenvalue weighted by molar-refractivity contribution is -0.0436. The summed E-state index contributed by atoms with van der Waals surface area (Å²) in [5, 5.41) is 14.0. The van der Waals surface area contributed by atoms with Crippen LogP contribution in [0.25, 0.3) is 22.4 Å². The van der Waals surface area contributed by atoms with Gasteiger partial charge in [0.25, 0.3) is 25.8 Å². The number of alkyl halides is 3. The molecule has 76 heavy (non-hydrogen) atoms. The first-order chi connectivity index (χ1) is 35.8. The van der Waals surface area contributed by atoms with Gasteiger partial charge >= 0.3 is 5.51 Å². The van der Waals surface area contributed by atoms with Gasteiger partial charge in [-0.3, -0.25) is 9.52 Å². The van der Waals surface area contributed by atoms with E-state index in [2.05, 4.69) is 29.5 Å². The molecule has 406 valence electrons. The number of sulfone groups is 1. The summed E-state index contributed by atoms with van der Waals surface area (Å²) in [7, 11) is -12.8. The molecule has 0 aliphatic carbocycles. The second-order valence-electron chi connectivity index (χ2n) is 19.3. The number of benzene rings is 5. The Kier molecular flexibility index (Phi) is 16.8. The Labute approximate surface area is 451 Å². The van der Waals surface area contributed by atoms with Gasteiger partial charge in [-0.25, -0.2) is 30.0 Å². The lowest BCUT2D eigenvalue weighted by Gasteiger charge is -2.37. The number of hydrogen-bond donors (Lipinski definition) is 4.